The highest BCUT2D eigenvalue weighted by Crippen LogP contribution is 2.11. The predicted octanol–water partition coefficient (Wildman–Crippen LogP) is 4.67. The Morgan fingerprint density at radius 3 is 1.32 bits per heavy atom. The van der Waals surface area contributed by atoms with Gasteiger partial charge in [-0.05, 0) is 48.2 Å². The molecule has 114 valence electrons. The Labute approximate surface area is 133 Å². The largest absolute Gasteiger partial charge is 0.383 e. The second-order valence-electron chi connectivity index (χ2n) is 5.23. The summed E-state index contributed by atoms with van der Waals surface area (Å²) < 4.78 is 0. The lowest BCUT2D eigenvalue weighted by molar-refractivity contribution is 1.08. The van der Waals surface area contributed by atoms with E-state index >= 15 is 0 Å². The van der Waals surface area contributed by atoms with Crippen molar-refractivity contribution in [1.82, 2.24) is 0 Å². The highest BCUT2D eigenvalue weighted by atomic mass is 14.9. The molecule has 0 heterocycles. The molecule has 0 saturated heterocycles. The fraction of sp³-hybridized carbons (Fsp3) is 0.200. The SMILES string of the molecule is C=CCc1ccc(NCCNc2ccc(CC=C)cc2)cc1. The van der Waals surface area contributed by atoms with E-state index < -0.39 is 0 Å². The van der Waals surface area contributed by atoms with Crippen molar-refractivity contribution >= 4 is 11.4 Å². The Kier molecular flexibility index (Phi) is 6.31. The van der Waals surface area contributed by atoms with Gasteiger partial charge < -0.3 is 10.6 Å². The Morgan fingerprint density at radius 2 is 1.00 bits per heavy atom. The first-order chi connectivity index (χ1) is 10.8. The molecule has 2 heteroatoms. The van der Waals surface area contributed by atoms with E-state index in [1.165, 1.54) is 11.1 Å². The maximum absolute atomic E-state index is 3.75. The van der Waals surface area contributed by atoms with Gasteiger partial charge in [0.25, 0.3) is 0 Å². The van der Waals surface area contributed by atoms with Crippen LogP contribution in [0.25, 0.3) is 0 Å². The van der Waals surface area contributed by atoms with E-state index in [-0.39, 0.29) is 0 Å². The summed E-state index contributed by atoms with van der Waals surface area (Å²) >= 11 is 0. The molecule has 0 amide bonds. The third-order valence-electron chi connectivity index (χ3n) is 3.45. The van der Waals surface area contributed by atoms with Crippen molar-refractivity contribution in [1.29, 1.82) is 0 Å². The molecule has 2 rings (SSSR count). The zero-order chi connectivity index (χ0) is 15.6. The maximum atomic E-state index is 3.75. The number of anilines is 2. The zero-order valence-electron chi connectivity index (χ0n) is 13.0. The minimum absolute atomic E-state index is 0.884. The van der Waals surface area contributed by atoms with Crippen LogP contribution >= 0.6 is 0 Å². The zero-order valence-corrected chi connectivity index (χ0v) is 13.0. The van der Waals surface area contributed by atoms with Crippen molar-refractivity contribution in [2.75, 3.05) is 23.7 Å². The number of allylic oxidation sites excluding steroid dienone is 2. The van der Waals surface area contributed by atoms with Crippen molar-refractivity contribution in [2.45, 2.75) is 12.8 Å². The van der Waals surface area contributed by atoms with E-state index in [9.17, 15) is 0 Å². The van der Waals surface area contributed by atoms with Crippen LogP contribution in [-0.2, 0) is 12.8 Å². The quantitative estimate of drug-likeness (QED) is 0.518. The van der Waals surface area contributed by atoms with Crippen molar-refractivity contribution in [3.8, 4) is 0 Å². The summed E-state index contributed by atoms with van der Waals surface area (Å²) in [6, 6.07) is 17.0. The normalized spacial score (nSPS) is 10.0. The standard InChI is InChI=1S/C20H24N2/c1-3-5-17-7-11-19(12-8-17)21-15-16-22-20-13-9-18(6-4-2)10-14-20/h3-4,7-14,21-22H,1-2,5-6,15-16H2. The van der Waals surface area contributed by atoms with E-state index in [4.69, 9.17) is 0 Å². The van der Waals surface area contributed by atoms with Gasteiger partial charge in [-0.3, -0.25) is 0 Å². The highest BCUT2D eigenvalue weighted by Gasteiger charge is 1.95. The number of hydrogen-bond donors (Lipinski definition) is 2. The first kappa shape index (κ1) is 15.9. The van der Waals surface area contributed by atoms with Gasteiger partial charge in [-0.2, -0.15) is 0 Å². The average Bonchev–Trinajstić information content (AvgIpc) is 2.55. The maximum Gasteiger partial charge on any atom is 0.0340 e. The van der Waals surface area contributed by atoms with E-state index in [1.807, 2.05) is 12.2 Å². The number of nitrogens with one attached hydrogen (secondary N) is 2. The van der Waals surface area contributed by atoms with E-state index in [2.05, 4.69) is 72.3 Å². The second kappa shape index (κ2) is 8.73. The molecule has 2 aromatic carbocycles. The molecule has 0 aliphatic rings. The first-order valence-corrected chi connectivity index (χ1v) is 7.69. The highest BCUT2D eigenvalue weighted by molar-refractivity contribution is 5.47. The molecule has 22 heavy (non-hydrogen) atoms. The van der Waals surface area contributed by atoms with Gasteiger partial charge in [0.15, 0.2) is 0 Å². The molecule has 2 aromatic rings. The van der Waals surface area contributed by atoms with Crippen LogP contribution in [0, 0.1) is 0 Å². The molecule has 0 spiro atoms. The van der Waals surface area contributed by atoms with Crippen molar-refractivity contribution < 1.29 is 0 Å². The van der Waals surface area contributed by atoms with Gasteiger partial charge in [0.1, 0.15) is 0 Å². The molecule has 0 fully saturated rings. The van der Waals surface area contributed by atoms with Gasteiger partial charge in [-0.1, -0.05) is 36.4 Å². The van der Waals surface area contributed by atoms with Crippen LogP contribution in [0.15, 0.2) is 73.8 Å². The molecule has 0 aliphatic heterocycles. The molecule has 0 atom stereocenters. The number of rotatable bonds is 9. The molecule has 2 N–H and O–H groups in total. The molecule has 0 aliphatic carbocycles. The Balaban J connectivity index is 1.72. The lowest BCUT2D eigenvalue weighted by atomic mass is 10.1. The average molecular weight is 292 g/mol. The molecule has 0 radical (unpaired) electrons. The fourth-order valence-electron chi connectivity index (χ4n) is 2.26. The molecule has 2 nitrogen and oxygen atoms in total. The van der Waals surface area contributed by atoms with E-state index in [1.54, 1.807) is 0 Å². The van der Waals surface area contributed by atoms with Gasteiger partial charge in [-0.15, -0.1) is 13.2 Å². The van der Waals surface area contributed by atoms with Crippen LogP contribution in [0.5, 0.6) is 0 Å². The number of hydrogen-bond acceptors (Lipinski definition) is 2. The molecule has 0 saturated carbocycles. The van der Waals surface area contributed by atoms with Gasteiger partial charge in [0.2, 0.25) is 0 Å². The number of benzene rings is 2. The summed E-state index contributed by atoms with van der Waals surface area (Å²) in [6.07, 6.45) is 5.69. The summed E-state index contributed by atoms with van der Waals surface area (Å²) in [5, 5.41) is 6.83. The summed E-state index contributed by atoms with van der Waals surface area (Å²) in [6.45, 7) is 9.28. The third-order valence-corrected chi connectivity index (χ3v) is 3.45. The first-order valence-electron chi connectivity index (χ1n) is 7.69. The monoisotopic (exact) mass is 292 g/mol. The van der Waals surface area contributed by atoms with Crippen molar-refractivity contribution in [2.24, 2.45) is 0 Å². The smallest absolute Gasteiger partial charge is 0.0340 e. The van der Waals surface area contributed by atoms with Crippen LogP contribution in [0.3, 0.4) is 0 Å². The van der Waals surface area contributed by atoms with Gasteiger partial charge in [-0.25, -0.2) is 0 Å². The topological polar surface area (TPSA) is 24.1 Å². The van der Waals surface area contributed by atoms with Crippen LogP contribution in [0.2, 0.25) is 0 Å². The molecule has 0 unspecified atom stereocenters. The lowest BCUT2D eigenvalue weighted by Gasteiger charge is -2.10. The van der Waals surface area contributed by atoms with Gasteiger partial charge >= 0.3 is 0 Å². The molecular formula is C20H24N2. The summed E-state index contributed by atoms with van der Waals surface area (Å²) in [5.74, 6) is 0. The minimum Gasteiger partial charge on any atom is -0.383 e. The minimum atomic E-state index is 0.884. The van der Waals surface area contributed by atoms with Crippen molar-refractivity contribution in [3.63, 3.8) is 0 Å². The molecule has 0 bridgehead atoms. The Bertz CT molecular complexity index is 527. The van der Waals surface area contributed by atoms with Crippen LogP contribution < -0.4 is 10.6 Å². The van der Waals surface area contributed by atoms with Crippen LogP contribution in [0.4, 0.5) is 11.4 Å². The van der Waals surface area contributed by atoms with Gasteiger partial charge in [0, 0.05) is 24.5 Å². The summed E-state index contributed by atoms with van der Waals surface area (Å²) in [7, 11) is 0. The fourth-order valence-corrected chi connectivity index (χ4v) is 2.26. The summed E-state index contributed by atoms with van der Waals surface area (Å²) in [5.41, 5.74) is 4.88. The van der Waals surface area contributed by atoms with E-state index in [0.717, 1.165) is 37.3 Å². The molecular weight excluding hydrogens is 268 g/mol. The lowest BCUT2D eigenvalue weighted by Crippen LogP contribution is -2.13. The third kappa shape index (κ3) is 5.13. The predicted molar refractivity (Wildman–Crippen MR) is 97.7 cm³/mol. The Morgan fingerprint density at radius 1 is 0.636 bits per heavy atom. The van der Waals surface area contributed by atoms with Crippen molar-refractivity contribution in [3.05, 3.63) is 85.0 Å². The van der Waals surface area contributed by atoms with E-state index in [0.29, 0.717) is 0 Å². The summed E-state index contributed by atoms with van der Waals surface area (Å²) in [4.78, 5) is 0. The second-order valence-corrected chi connectivity index (χ2v) is 5.23. The van der Waals surface area contributed by atoms with Crippen LogP contribution in [-0.4, -0.2) is 13.1 Å². The van der Waals surface area contributed by atoms with Crippen LogP contribution in [0.1, 0.15) is 11.1 Å². The van der Waals surface area contributed by atoms with Gasteiger partial charge in [0.05, 0.1) is 0 Å². The molecule has 0 aromatic heterocycles. The Hall–Kier alpha value is -2.48.